The second-order valence-corrected chi connectivity index (χ2v) is 5.74. The van der Waals surface area contributed by atoms with Crippen molar-refractivity contribution < 1.29 is 9.90 Å². The van der Waals surface area contributed by atoms with Crippen LogP contribution >= 0.6 is 0 Å². The van der Waals surface area contributed by atoms with Gasteiger partial charge >= 0.3 is 5.97 Å². The molecule has 2 rings (SSSR count). The van der Waals surface area contributed by atoms with Gasteiger partial charge in [-0.25, -0.2) is 14.8 Å². The quantitative estimate of drug-likeness (QED) is 0.877. The number of aromatic nitrogens is 2. The van der Waals surface area contributed by atoms with E-state index in [1.54, 1.807) is 6.92 Å². The molecule has 5 nitrogen and oxygen atoms in total. The minimum Gasteiger partial charge on any atom is -0.477 e. The zero-order valence-electron chi connectivity index (χ0n) is 11.7. The number of nitrogens with zero attached hydrogens (tertiary/aromatic N) is 2. The summed E-state index contributed by atoms with van der Waals surface area (Å²) in [7, 11) is 0. The first-order valence-corrected chi connectivity index (χ1v) is 6.79. The molecule has 0 radical (unpaired) electrons. The summed E-state index contributed by atoms with van der Waals surface area (Å²) in [6.07, 6.45) is 4.74. The van der Waals surface area contributed by atoms with Crippen LogP contribution in [0.4, 0.5) is 5.82 Å². The van der Waals surface area contributed by atoms with Crippen LogP contribution in [-0.4, -0.2) is 27.1 Å². The maximum absolute atomic E-state index is 11.2. The lowest BCUT2D eigenvalue weighted by atomic mass is 9.80. The molecule has 0 aromatic carbocycles. The smallest absolute Gasteiger partial charge is 0.341 e. The summed E-state index contributed by atoms with van der Waals surface area (Å²) < 4.78 is 0. The number of hydrogen-bond acceptors (Lipinski definition) is 4. The van der Waals surface area contributed by atoms with Gasteiger partial charge in [0.05, 0.1) is 0 Å². The molecule has 2 atom stereocenters. The molecule has 104 valence electrons. The molecule has 1 heterocycles. The molecule has 1 aromatic heterocycles. The van der Waals surface area contributed by atoms with Crippen molar-refractivity contribution >= 4 is 11.8 Å². The van der Waals surface area contributed by atoms with Gasteiger partial charge in [-0.1, -0.05) is 13.8 Å². The molecule has 2 N–H and O–H groups in total. The van der Waals surface area contributed by atoms with E-state index in [1.807, 2.05) is 0 Å². The Bertz CT molecular complexity index is 466. The first-order chi connectivity index (χ1) is 8.95. The van der Waals surface area contributed by atoms with Gasteiger partial charge in [0, 0.05) is 12.2 Å². The number of carboxylic acid groups (broad SMARTS) is 1. The maximum Gasteiger partial charge on any atom is 0.341 e. The van der Waals surface area contributed by atoms with E-state index in [2.05, 4.69) is 29.1 Å². The Morgan fingerprint density at radius 3 is 2.53 bits per heavy atom. The number of aromatic carboxylic acids is 1. The van der Waals surface area contributed by atoms with Gasteiger partial charge in [0.1, 0.15) is 17.2 Å². The second-order valence-electron chi connectivity index (χ2n) is 5.74. The molecule has 1 fully saturated rings. The van der Waals surface area contributed by atoms with Crippen LogP contribution in [0.15, 0.2) is 6.20 Å². The Labute approximate surface area is 113 Å². The summed E-state index contributed by atoms with van der Waals surface area (Å²) in [5, 5.41) is 12.5. The van der Waals surface area contributed by atoms with Crippen LogP contribution in [0.2, 0.25) is 0 Å². The van der Waals surface area contributed by atoms with Gasteiger partial charge in [-0.3, -0.25) is 0 Å². The fourth-order valence-corrected chi connectivity index (χ4v) is 2.99. The molecule has 1 aliphatic carbocycles. The molecule has 19 heavy (non-hydrogen) atoms. The van der Waals surface area contributed by atoms with E-state index < -0.39 is 5.97 Å². The van der Waals surface area contributed by atoms with Crippen molar-refractivity contribution in [2.75, 3.05) is 5.32 Å². The van der Waals surface area contributed by atoms with Crippen LogP contribution < -0.4 is 5.32 Å². The van der Waals surface area contributed by atoms with Gasteiger partial charge in [-0.2, -0.15) is 0 Å². The third-order valence-corrected chi connectivity index (χ3v) is 3.66. The van der Waals surface area contributed by atoms with Gasteiger partial charge < -0.3 is 10.4 Å². The molecular formula is C14H21N3O2. The van der Waals surface area contributed by atoms with Gasteiger partial charge in [0.25, 0.3) is 0 Å². The van der Waals surface area contributed by atoms with E-state index in [0.29, 0.717) is 29.5 Å². The fraction of sp³-hybridized carbons (Fsp3) is 0.643. The van der Waals surface area contributed by atoms with Crippen molar-refractivity contribution in [1.82, 2.24) is 9.97 Å². The van der Waals surface area contributed by atoms with E-state index in [0.717, 1.165) is 12.8 Å². The van der Waals surface area contributed by atoms with Crippen molar-refractivity contribution in [2.24, 2.45) is 11.8 Å². The highest BCUT2D eigenvalue weighted by Gasteiger charge is 2.25. The highest BCUT2D eigenvalue weighted by molar-refractivity contribution is 5.92. The Balaban J connectivity index is 2.18. The van der Waals surface area contributed by atoms with Gasteiger partial charge in [0.15, 0.2) is 0 Å². The van der Waals surface area contributed by atoms with Crippen molar-refractivity contribution in [3.8, 4) is 0 Å². The molecule has 0 saturated heterocycles. The number of rotatable bonds is 3. The lowest BCUT2D eigenvalue weighted by Gasteiger charge is -2.32. The monoisotopic (exact) mass is 263 g/mol. The molecule has 1 aliphatic rings. The largest absolute Gasteiger partial charge is 0.477 e. The van der Waals surface area contributed by atoms with Crippen molar-refractivity contribution in [2.45, 2.75) is 46.1 Å². The van der Waals surface area contributed by atoms with Crippen LogP contribution in [-0.2, 0) is 0 Å². The Hall–Kier alpha value is -1.65. The van der Waals surface area contributed by atoms with E-state index in [9.17, 15) is 4.79 Å². The molecule has 0 amide bonds. The lowest BCUT2D eigenvalue weighted by molar-refractivity contribution is 0.0697. The predicted molar refractivity (Wildman–Crippen MR) is 73.3 cm³/mol. The predicted octanol–water partition coefficient (Wildman–Crippen LogP) is 2.72. The van der Waals surface area contributed by atoms with Crippen LogP contribution in [0.3, 0.4) is 0 Å². The fourth-order valence-electron chi connectivity index (χ4n) is 2.99. The lowest BCUT2D eigenvalue weighted by Crippen LogP contribution is -2.31. The van der Waals surface area contributed by atoms with E-state index in [1.165, 1.54) is 12.6 Å². The standard InChI is InChI=1S/C14H21N3O2/c1-8-4-9(2)6-11(5-8)17-13-12(14(18)19)7-15-10(3)16-13/h7-9,11H,4-6H2,1-3H3,(H,18,19)(H,15,16,17). The SMILES string of the molecule is Cc1ncc(C(=O)O)c(NC2CC(C)CC(C)C2)n1. The zero-order valence-corrected chi connectivity index (χ0v) is 11.7. The highest BCUT2D eigenvalue weighted by Crippen LogP contribution is 2.30. The first kappa shape index (κ1) is 13.8. The highest BCUT2D eigenvalue weighted by atomic mass is 16.4. The van der Waals surface area contributed by atoms with Crippen LogP contribution in [0.5, 0.6) is 0 Å². The van der Waals surface area contributed by atoms with Gasteiger partial charge in [-0.05, 0) is 38.0 Å². The second kappa shape index (κ2) is 5.55. The number of aryl methyl sites for hydroxylation is 1. The molecule has 0 spiro atoms. The third kappa shape index (κ3) is 3.43. The summed E-state index contributed by atoms with van der Waals surface area (Å²) in [6, 6.07) is 0.297. The average Bonchev–Trinajstić information content (AvgIpc) is 2.26. The van der Waals surface area contributed by atoms with Gasteiger partial charge in [-0.15, -0.1) is 0 Å². The third-order valence-electron chi connectivity index (χ3n) is 3.66. The zero-order chi connectivity index (χ0) is 14.0. The molecule has 1 saturated carbocycles. The summed E-state index contributed by atoms with van der Waals surface area (Å²) >= 11 is 0. The van der Waals surface area contributed by atoms with Crippen molar-refractivity contribution in [3.63, 3.8) is 0 Å². The number of carboxylic acids is 1. The molecule has 2 unspecified atom stereocenters. The number of hydrogen-bond donors (Lipinski definition) is 2. The number of nitrogens with one attached hydrogen (secondary N) is 1. The summed E-state index contributed by atoms with van der Waals surface area (Å²) in [5.41, 5.74) is 0.150. The van der Waals surface area contributed by atoms with E-state index in [-0.39, 0.29) is 5.56 Å². The Morgan fingerprint density at radius 1 is 1.32 bits per heavy atom. The van der Waals surface area contributed by atoms with Crippen molar-refractivity contribution in [3.05, 3.63) is 17.6 Å². The van der Waals surface area contributed by atoms with E-state index >= 15 is 0 Å². The normalized spacial score (nSPS) is 27.0. The Morgan fingerprint density at radius 2 is 1.95 bits per heavy atom. The van der Waals surface area contributed by atoms with Gasteiger partial charge in [0.2, 0.25) is 0 Å². The molecular weight excluding hydrogens is 242 g/mol. The topological polar surface area (TPSA) is 75.1 Å². The number of anilines is 1. The van der Waals surface area contributed by atoms with E-state index in [4.69, 9.17) is 5.11 Å². The van der Waals surface area contributed by atoms with Crippen LogP contribution in [0.1, 0.15) is 49.3 Å². The number of carbonyl (C=O) groups is 1. The summed E-state index contributed by atoms with van der Waals surface area (Å²) in [4.78, 5) is 19.4. The summed E-state index contributed by atoms with van der Waals surface area (Å²) in [6.45, 7) is 6.25. The maximum atomic E-state index is 11.2. The minimum absolute atomic E-state index is 0.150. The molecule has 0 aliphatic heterocycles. The van der Waals surface area contributed by atoms with Crippen LogP contribution in [0.25, 0.3) is 0 Å². The molecule has 1 aromatic rings. The van der Waals surface area contributed by atoms with Crippen LogP contribution in [0, 0.1) is 18.8 Å². The average molecular weight is 263 g/mol. The van der Waals surface area contributed by atoms with Crippen molar-refractivity contribution in [1.29, 1.82) is 0 Å². The summed E-state index contributed by atoms with van der Waals surface area (Å²) in [5.74, 6) is 1.38. The Kier molecular flexibility index (Phi) is 4.02. The molecule has 5 heteroatoms. The molecule has 0 bridgehead atoms. The minimum atomic E-state index is -0.987. The first-order valence-electron chi connectivity index (χ1n) is 6.79.